The van der Waals surface area contributed by atoms with Crippen LogP contribution in [0.25, 0.3) is 0 Å². The molecule has 0 spiro atoms. The van der Waals surface area contributed by atoms with Gasteiger partial charge in [0, 0.05) is 12.0 Å². The Bertz CT molecular complexity index is 768. The fraction of sp³-hybridized carbons (Fsp3) is 0.318. The van der Waals surface area contributed by atoms with Gasteiger partial charge in [-0.05, 0) is 36.6 Å². The predicted molar refractivity (Wildman–Crippen MR) is 99.9 cm³/mol. The van der Waals surface area contributed by atoms with Crippen LogP contribution in [0.4, 0.5) is 5.69 Å². The fourth-order valence-electron chi connectivity index (χ4n) is 2.91. The molecule has 0 unspecified atom stereocenters. The van der Waals surface area contributed by atoms with E-state index in [4.69, 9.17) is 0 Å². The van der Waals surface area contributed by atoms with E-state index in [-0.39, 0.29) is 0 Å². The maximum atomic E-state index is 4.49. The van der Waals surface area contributed by atoms with Crippen LogP contribution in [-0.4, -0.2) is 12.1 Å². The molecular formula is C22H22N2. The summed E-state index contributed by atoms with van der Waals surface area (Å²) >= 11 is 0. The van der Waals surface area contributed by atoms with Crippen LogP contribution < -0.4 is 0 Å². The number of benzene rings is 2. The summed E-state index contributed by atoms with van der Waals surface area (Å²) in [7, 11) is 0. The highest BCUT2D eigenvalue weighted by Gasteiger charge is 2.10. The molecule has 0 amide bonds. The Hall–Kier alpha value is -2.62. The summed E-state index contributed by atoms with van der Waals surface area (Å²) in [6.07, 6.45) is 6.92. The third-order valence-electron chi connectivity index (χ3n) is 4.26. The van der Waals surface area contributed by atoms with Crippen molar-refractivity contribution in [3.8, 4) is 11.8 Å². The minimum Gasteiger partial charge on any atom is -0.222 e. The number of aliphatic imine (C=N–C) groups is 2. The molecule has 2 nitrogen and oxygen atoms in total. The summed E-state index contributed by atoms with van der Waals surface area (Å²) in [6, 6.07) is 21.5. The number of nitrogens with zero attached hydrogens (tertiary/aromatic N) is 2. The lowest BCUT2D eigenvalue weighted by molar-refractivity contribution is 0.444. The minimum atomic E-state index is 0.410. The topological polar surface area (TPSA) is 24.7 Å². The van der Waals surface area contributed by atoms with Gasteiger partial charge in [-0.15, -0.1) is 0 Å². The molecule has 2 aromatic carbocycles. The smallest absolute Gasteiger partial charge is 0.0951 e. The van der Waals surface area contributed by atoms with Crippen LogP contribution in [0.15, 0.2) is 64.6 Å². The van der Waals surface area contributed by atoms with Gasteiger partial charge in [0.2, 0.25) is 0 Å². The molecule has 1 aliphatic carbocycles. The predicted octanol–water partition coefficient (Wildman–Crippen LogP) is 5.42. The Morgan fingerprint density at radius 1 is 0.875 bits per heavy atom. The van der Waals surface area contributed by atoms with E-state index in [2.05, 4.69) is 33.9 Å². The van der Waals surface area contributed by atoms with Crippen LogP contribution in [0.5, 0.6) is 0 Å². The van der Waals surface area contributed by atoms with E-state index in [0.29, 0.717) is 12.5 Å². The molecule has 2 heteroatoms. The lowest BCUT2D eigenvalue weighted by Gasteiger charge is -2.15. The first-order valence-corrected chi connectivity index (χ1v) is 8.69. The van der Waals surface area contributed by atoms with E-state index in [1.807, 2.05) is 48.5 Å². The van der Waals surface area contributed by atoms with Crippen molar-refractivity contribution in [1.29, 1.82) is 0 Å². The number of para-hydroxylation sites is 1. The first kappa shape index (κ1) is 16.2. The van der Waals surface area contributed by atoms with Gasteiger partial charge >= 0.3 is 0 Å². The second kappa shape index (κ2) is 8.87. The second-order valence-electron chi connectivity index (χ2n) is 6.11. The molecule has 0 radical (unpaired) electrons. The van der Waals surface area contributed by atoms with Crippen molar-refractivity contribution < 1.29 is 0 Å². The van der Waals surface area contributed by atoms with Gasteiger partial charge in [0.15, 0.2) is 0 Å². The van der Waals surface area contributed by atoms with Crippen molar-refractivity contribution in [1.82, 2.24) is 0 Å². The Kier molecular flexibility index (Phi) is 6.00. The van der Waals surface area contributed by atoms with Crippen LogP contribution in [0.2, 0.25) is 0 Å². The molecule has 1 aliphatic rings. The highest BCUT2D eigenvalue weighted by atomic mass is 14.8. The maximum absolute atomic E-state index is 4.49. The molecule has 3 rings (SSSR count). The molecule has 0 aliphatic heterocycles. The number of hydrogen-bond acceptors (Lipinski definition) is 2. The lowest BCUT2D eigenvalue weighted by atomic mass is 9.96. The molecular weight excluding hydrogens is 292 g/mol. The van der Waals surface area contributed by atoms with Gasteiger partial charge in [0.05, 0.1) is 17.7 Å². The zero-order chi connectivity index (χ0) is 16.5. The fourth-order valence-corrected chi connectivity index (χ4v) is 2.91. The van der Waals surface area contributed by atoms with Gasteiger partial charge in [-0.3, -0.25) is 0 Å². The molecule has 2 aromatic rings. The molecule has 24 heavy (non-hydrogen) atoms. The van der Waals surface area contributed by atoms with Crippen LogP contribution in [0, 0.1) is 11.8 Å². The first-order valence-electron chi connectivity index (χ1n) is 8.69. The van der Waals surface area contributed by atoms with E-state index < -0.39 is 0 Å². The molecule has 0 bridgehead atoms. The zero-order valence-corrected chi connectivity index (χ0v) is 13.9. The second-order valence-corrected chi connectivity index (χ2v) is 6.11. The van der Waals surface area contributed by atoms with Gasteiger partial charge in [-0.1, -0.05) is 67.5 Å². The normalized spacial score (nSPS) is 14.2. The zero-order valence-electron chi connectivity index (χ0n) is 13.9. The van der Waals surface area contributed by atoms with Gasteiger partial charge in [0.1, 0.15) is 0 Å². The van der Waals surface area contributed by atoms with E-state index in [1.165, 1.54) is 32.1 Å². The van der Waals surface area contributed by atoms with Crippen LogP contribution in [0.3, 0.4) is 0 Å². The number of hydrogen-bond donors (Lipinski definition) is 0. The summed E-state index contributed by atoms with van der Waals surface area (Å²) in [5.74, 6) is 6.42. The Morgan fingerprint density at radius 2 is 1.62 bits per heavy atom. The molecule has 0 N–H and O–H groups in total. The summed E-state index contributed by atoms with van der Waals surface area (Å²) < 4.78 is 0. The maximum Gasteiger partial charge on any atom is 0.0951 e. The highest BCUT2D eigenvalue weighted by Crippen LogP contribution is 2.21. The lowest BCUT2D eigenvalue weighted by Crippen LogP contribution is -2.08. The van der Waals surface area contributed by atoms with Crippen molar-refractivity contribution in [3.63, 3.8) is 0 Å². The van der Waals surface area contributed by atoms with Gasteiger partial charge in [0.25, 0.3) is 0 Å². The molecule has 0 atom stereocenters. The average molecular weight is 314 g/mol. The Morgan fingerprint density at radius 3 is 2.46 bits per heavy atom. The minimum absolute atomic E-state index is 0.410. The van der Waals surface area contributed by atoms with Gasteiger partial charge in [-0.25, -0.2) is 4.99 Å². The summed E-state index contributed by atoms with van der Waals surface area (Å²) in [5.41, 5.74) is 3.07. The summed E-state index contributed by atoms with van der Waals surface area (Å²) in [5, 5.41) is 0. The third-order valence-corrected chi connectivity index (χ3v) is 4.26. The van der Waals surface area contributed by atoms with Crippen molar-refractivity contribution >= 4 is 11.7 Å². The average Bonchev–Trinajstić information content (AvgIpc) is 2.65. The van der Waals surface area contributed by atoms with Crippen LogP contribution in [-0.2, 0) is 6.42 Å². The van der Waals surface area contributed by atoms with Gasteiger partial charge in [-0.2, -0.15) is 4.99 Å². The van der Waals surface area contributed by atoms with E-state index >= 15 is 0 Å². The van der Waals surface area contributed by atoms with Crippen LogP contribution >= 0.6 is 0 Å². The van der Waals surface area contributed by atoms with Crippen molar-refractivity contribution in [2.75, 3.05) is 0 Å². The number of rotatable bonds is 3. The molecule has 0 aromatic heterocycles. The summed E-state index contributed by atoms with van der Waals surface area (Å²) in [6.45, 7) is 0. The van der Waals surface area contributed by atoms with Crippen LogP contribution in [0.1, 0.15) is 43.2 Å². The van der Waals surface area contributed by atoms with E-state index in [0.717, 1.165) is 16.8 Å². The van der Waals surface area contributed by atoms with Crippen molar-refractivity contribution in [3.05, 3.63) is 65.7 Å². The molecule has 1 saturated carbocycles. The SMILES string of the molecule is C(=Nc1ccccc1CC#Cc1ccccc1)=NC1CCCCC1. The van der Waals surface area contributed by atoms with E-state index in [9.17, 15) is 0 Å². The summed E-state index contributed by atoms with van der Waals surface area (Å²) in [4.78, 5) is 8.94. The molecule has 0 saturated heterocycles. The highest BCUT2D eigenvalue weighted by molar-refractivity contribution is 5.57. The standard InChI is InChI=1S/C22H22N2/c1-3-10-19(11-4-1)12-9-14-20-13-7-8-17-22(20)24-18-23-21-15-5-2-6-16-21/h1,3-4,7-8,10-11,13,17,21H,2,5-6,14-16H2. The van der Waals surface area contributed by atoms with Gasteiger partial charge < -0.3 is 0 Å². The monoisotopic (exact) mass is 314 g/mol. The van der Waals surface area contributed by atoms with Crippen molar-refractivity contribution in [2.45, 2.75) is 44.6 Å². The van der Waals surface area contributed by atoms with E-state index in [1.54, 1.807) is 0 Å². The van der Waals surface area contributed by atoms with Crippen molar-refractivity contribution in [2.24, 2.45) is 9.98 Å². The quantitative estimate of drug-likeness (QED) is 0.534. The molecule has 120 valence electrons. The third kappa shape index (κ3) is 4.95. The first-order chi connectivity index (χ1) is 11.9. The Balaban J connectivity index is 1.69. The largest absolute Gasteiger partial charge is 0.222 e. The molecule has 0 heterocycles. The Labute approximate surface area is 144 Å². The molecule has 1 fully saturated rings.